The van der Waals surface area contributed by atoms with Crippen molar-refractivity contribution in [3.63, 3.8) is 0 Å². The molecule has 0 unspecified atom stereocenters. The van der Waals surface area contributed by atoms with Gasteiger partial charge in [0.15, 0.2) is 5.78 Å². The van der Waals surface area contributed by atoms with Gasteiger partial charge in [-0.1, -0.05) is 11.6 Å². The Kier molecular flexibility index (Phi) is 6.90. The number of rotatable bonds is 7. The van der Waals surface area contributed by atoms with E-state index in [-0.39, 0.29) is 24.5 Å². The van der Waals surface area contributed by atoms with Gasteiger partial charge >= 0.3 is 0 Å². The maximum Gasteiger partial charge on any atom is 0.224 e. The van der Waals surface area contributed by atoms with Gasteiger partial charge in [-0.2, -0.15) is 0 Å². The SMILES string of the molecule is COc1ccc(Cl)cc1C(=O)CCC(=O)Nc1ccc(N2CCOCC2)cc1. The van der Waals surface area contributed by atoms with E-state index in [4.69, 9.17) is 21.1 Å². The number of ketones is 1. The summed E-state index contributed by atoms with van der Waals surface area (Å²) in [5.41, 5.74) is 2.19. The van der Waals surface area contributed by atoms with E-state index in [1.165, 1.54) is 7.11 Å². The molecule has 2 aromatic carbocycles. The molecule has 1 heterocycles. The van der Waals surface area contributed by atoms with Gasteiger partial charge in [0.2, 0.25) is 5.91 Å². The smallest absolute Gasteiger partial charge is 0.224 e. The Balaban J connectivity index is 1.53. The van der Waals surface area contributed by atoms with Crippen molar-refractivity contribution in [3.05, 3.63) is 53.1 Å². The largest absolute Gasteiger partial charge is 0.496 e. The van der Waals surface area contributed by atoms with Gasteiger partial charge in [-0.05, 0) is 42.5 Å². The van der Waals surface area contributed by atoms with Crippen LogP contribution in [0.4, 0.5) is 11.4 Å². The van der Waals surface area contributed by atoms with E-state index in [9.17, 15) is 9.59 Å². The molecule has 148 valence electrons. The highest BCUT2D eigenvalue weighted by Gasteiger charge is 2.15. The predicted molar refractivity (Wildman–Crippen MR) is 110 cm³/mol. The van der Waals surface area contributed by atoms with Crippen molar-refractivity contribution in [1.82, 2.24) is 0 Å². The maximum absolute atomic E-state index is 12.4. The summed E-state index contributed by atoms with van der Waals surface area (Å²) in [6.07, 6.45) is 0.161. The summed E-state index contributed by atoms with van der Waals surface area (Å²) in [4.78, 5) is 26.9. The molecule has 1 saturated heterocycles. The van der Waals surface area contributed by atoms with Crippen LogP contribution in [0.3, 0.4) is 0 Å². The second-order valence-corrected chi connectivity index (χ2v) is 6.90. The summed E-state index contributed by atoms with van der Waals surface area (Å²) in [6, 6.07) is 12.5. The third-order valence-electron chi connectivity index (χ3n) is 4.57. The van der Waals surface area contributed by atoms with Crippen LogP contribution in [0.2, 0.25) is 5.02 Å². The van der Waals surface area contributed by atoms with E-state index in [1.807, 2.05) is 24.3 Å². The predicted octanol–water partition coefficient (Wildman–Crippen LogP) is 3.79. The number of hydrogen-bond acceptors (Lipinski definition) is 5. The summed E-state index contributed by atoms with van der Waals surface area (Å²) in [6.45, 7) is 3.18. The van der Waals surface area contributed by atoms with Crippen LogP contribution in [0.25, 0.3) is 0 Å². The van der Waals surface area contributed by atoms with Gasteiger partial charge in [-0.25, -0.2) is 0 Å². The summed E-state index contributed by atoms with van der Waals surface area (Å²) in [7, 11) is 1.49. The third kappa shape index (κ3) is 5.24. The van der Waals surface area contributed by atoms with Crippen LogP contribution in [0.15, 0.2) is 42.5 Å². The first-order chi connectivity index (χ1) is 13.6. The van der Waals surface area contributed by atoms with E-state index in [0.717, 1.165) is 32.0 Å². The van der Waals surface area contributed by atoms with Crippen molar-refractivity contribution >= 4 is 34.7 Å². The van der Waals surface area contributed by atoms with Gasteiger partial charge in [-0.3, -0.25) is 9.59 Å². The topological polar surface area (TPSA) is 67.9 Å². The second-order valence-electron chi connectivity index (χ2n) is 6.46. The van der Waals surface area contributed by atoms with Crippen molar-refractivity contribution in [2.24, 2.45) is 0 Å². The lowest BCUT2D eigenvalue weighted by molar-refractivity contribution is -0.116. The Morgan fingerprint density at radius 2 is 1.82 bits per heavy atom. The van der Waals surface area contributed by atoms with Crippen LogP contribution < -0.4 is 15.0 Å². The number of benzene rings is 2. The van der Waals surface area contributed by atoms with Crippen molar-refractivity contribution in [2.75, 3.05) is 43.6 Å². The minimum absolute atomic E-state index is 0.0778. The molecule has 1 amide bonds. The summed E-state index contributed by atoms with van der Waals surface area (Å²) in [5.74, 6) is 0.0548. The number of Topliss-reactive ketones (excluding diaryl/α,β-unsaturated/α-hetero) is 1. The lowest BCUT2D eigenvalue weighted by Crippen LogP contribution is -2.36. The zero-order chi connectivity index (χ0) is 19.9. The zero-order valence-electron chi connectivity index (χ0n) is 15.7. The number of methoxy groups -OCH3 is 1. The average Bonchev–Trinajstić information content (AvgIpc) is 2.73. The molecular weight excluding hydrogens is 380 g/mol. The summed E-state index contributed by atoms with van der Waals surface area (Å²) < 4.78 is 10.5. The van der Waals surface area contributed by atoms with E-state index in [1.54, 1.807) is 18.2 Å². The number of carbonyl (C=O) groups excluding carboxylic acids is 2. The Labute approximate surface area is 169 Å². The van der Waals surface area contributed by atoms with Crippen molar-refractivity contribution in [3.8, 4) is 5.75 Å². The molecule has 0 radical (unpaired) electrons. The molecule has 0 atom stereocenters. The van der Waals surface area contributed by atoms with Crippen molar-refractivity contribution in [1.29, 1.82) is 0 Å². The number of halogens is 1. The molecule has 28 heavy (non-hydrogen) atoms. The van der Waals surface area contributed by atoms with Gasteiger partial charge in [0, 0.05) is 42.3 Å². The van der Waals surface area contributed by atoms with Gasteiger partial charge in [0.1, 0.15) is 5.75 Å². The molecule has 0 saturated carbocycles. The first kappa shape index (κ1) is 20.2. The fourth-order valence-corrected chi connectivity index (χ4v) is 3.23. The lowest BCUT2D eigenvalue weighted by Gasteiger charge is -2.28. The molecule has 0 spiro atoms. The highest BCUT2D eigenvalue weighted by atomic mass is 35.5. The van der Waals surface area contributed by atoms with Gasteiger partial charge in [0.25, 0.3) is 0 Å². The first-order valence-electron chi connectivity index (χ1n) is 9.16. The van der Waals surface area contributed by atoms with Crippen molar-refractivity contribution in [2.45, 2.75) is 12.8 Å². The third-order valence-corrected chi connectivity index (χ3v) is 4.80. The number of carbonyl (C=O) groups is 2. The Morgan fingerprint density at radius 3 is 2.50 bits per heavy atom. The van der Waals surface area contributed by atoms with E-state index in [0.29, 0.717) is 22.0 Å². The molecule has 0 bridgehead atoms. The average molecular weight is 403 g/mol. The van der Waals surface area contributed by atoms with Crippen LogP contribution in [0.1, 0.15) is 23.2 Å². The second kappa shape index (κ2) is 9.57. The van der Waals surface area contributed by atoms with E-state index >= 15 is 0 Å². The quantitative estimate of drug-likeness (QED) is 0.714. The van der Waals surface area contributed by atoms with Gasteiger partial charge in [-0.15, -0.1) is 0 Å². The molecule has 1 N–H and O–H groups in total. The molecule has 1 fully saturated rings. The number of nitrogens with one attached hydrogen (secondary N) is 1. The first-order valence-corrected chi connectivity index (χ1v) is 9.54. The van der Waals surface area contributed by atoms with Crippen LogP contribution >= 0.6 is 11.6 Å². The maximum atomic E-state index is 12.4. The van der Waals surface area contributed by atoms with Gasteiger partial charge < -0.3 is 19.7 Å². The minimum atomic E-state index is -0.214. The number of ether oxygens (including phenoxy) is 2. The number of amides is 1. The molecule has 1 aliphatic heterocycles. The minimum Gasteiger partial charge on any atom is -0.496 e. The standard InChI is InChI=1S/C21H23ClN2O4/c1-27-20-8-2-15(22)14-18(20)19(25)7-9-21(26)23-16-3-5-17(6-4-16)24-10-12-28-13-11-24/h2-6,8,14H,7,9-13H2,1H3,(H,23,26). The van der Waals surface area contributed by atoms with Gasteiger partial charge in [0.05, 0.1) is 25.9 Å². The number of anilines is 2. The van der Waals surface area contributed by atoms with Crippen LogP contribution in [-0.2, 0) is 9.53 Å². The number of morpholine rings is 1. The molecule has 7 heteroatoms. The Bertz CT molecular complexity index is 833. The fraction of sp³-hybridized carbons (Fsp3) is 0.333. The van der Waals surface area contributed by atoms with Crippen LogP contribution in [-0.4, -0.2) is 45.1 Å². The van der Waals surface area contributed by atoms with Crippen LogP contribution in [0.5, 0.6) is 5.75 Å². The molecular formula is C21H23ClN2O4. The molecule has 1 aliphatic rings. The normalized spacial score (nSPS) is 13.9. The van der Waals surface area contributed by atoms with E-state index < -0.39 is 0 Å². The highest BCUT2D eigenvalue weighted by molar-refractivity contribution is 6.31. The molecule has 3 rings (SSSR count). The highest BCUT2D eigenvalue weighted by Crippen LogP contribution is 2.24. The molecule has 0 aliphatic carbocycles. The Morgan fingerprint density at radius 1 is 1.11 bits per heavy atom. The Hall–Kier alpha value is -2.57. The summed E-state index contributed by atoms with van der Waals surface area (Å²) in [5, 5.41) is 3.28. The number of hydrogen-bond donors (Lipinski definition) is 1. The fourth-order valence-electron chi connectivity index (χ4n) is 3.06. The van der Waals surface area contributed by atoms with E-state index in [2.05, 4.69) is 10.2 Å². The molecule has 0 aromatic heterocycles. The monoisotopic (exact) mass is 402 g/mol. The summed E-state index contributed by atoms with van der Waals surface area (Å²) >= 11 is 5.96. The van der Waals surface area contributed by atoms with Crippen molar-refractivity contribution < 1.29 is 19.1 Å². The zero-order valence-corrected chi connectivity index (χ0v) is 16.5. The molecule has 2 aromatic rings. The van der Waals surface area contributed by atoms with Crippen LogP contribution in [0, 0.1) is 0 Å². The number of nitrogens with zero attached hydrogens (tertiary/aromatic N) is 1. The lowest BCUT2D eigenvalue weighted by atomic mass is 10.1. The molecule has 6 nitrogen and oxygen atoms in total.